The second kappa shape index (κ2) is 7.63. The summed E-state index contributed by atoms with van der Waals surface area (Å²) in [4.78, 5) is 11.2. The molecule has 1 aromatic carbocycles. The molecule has 0 saturated heterocycles. The Balaban J connectivity index is 2.65. The third kappa shape index (κ3) is 6.05. The Kier molecular flexibility index (Phi) is 6.41. The second-order valence-corrected chi connectivity index (χ2v) is 6.54. The molecule has 1 rings (SSSR count). The van der Waals surface area contributed by atoms with Crippen molar-refractivity contribution >= 4 is 5.97 Å². The molecule has 22 heavy (non-hydrogen) atoms. The molecule has 1 aromatic rings. The lowest BCUT2D eigenvalue weighted by Crippen LogP contribution is -2.43. The Morgan fingerprint density at radius 2 is 1.95 bits per heavy atom. The number of carboxylic acid groups (broad SMARTS) is 1. The van der Waals surface area contributed by atoms with E-state index in [1.165, 1.54) is 12.1 Å². The van der Waals surface area contributed by atoms with Gasteiger partial charge < -0.3 is 5.11 Å². The second-order valence-electron chi connectivity index (χ2n) is 6.54. The summed E-state index contributed by atoms with van der Waals surface area (Å²) in [5.41, 5.74) is -0.199. The van der Waals surface area contributed by atoms with Crippen molar-refractivity contribution in [3.05, 3.63) is 35.4 Å². The zero-order valence-corrected chi connectivity index (χ0v) is 13.0. The zero-order valence-electron chi connectivity index (χ0n) is 13.0. The molecule has 0 spiro atoms. The van der Waals surface area contributed by atoms with E-state index in [9.17, 15) is 18.0 Å². The van der Waals surface area contributed by atoms with Gasteiger partial charge in [-0.25, -0.2) is 13.2 Å². The average Bonchev–Trinajstić information content (AvgIpc) is 2.38. The number of hydrogen-bond donors (Lipinski definition) is 2. The number of carboxylic acids is 1. The van der Waals surface area contributed by atoms with Crippen LogP contribution < -0.4 is 5.32 Å². The molecular formula is C16H22F3NO2. The lowest BCUT2D eigenvalue weighted by Gasteiger charge is -2.23. The number of rotatable bonds is 7. The van der Waals surface area contributed by atoms with E-state index in [-0.39, 0.29) is 17.4 Å². The van der Waals surface area contributed by atoms with Crippen LogP contribution in [0.3, 0.4) is 0 Å². The summed E-state index contributed by atoms with van der Waals surface area (Å²) in [6.45, 7) is 5.88. The summed E-state index contributed by atoms with van der Waals surface area (Å²) < 4.78 is 40.5. The van der Waals surface area contributed by atoms with Gasteiger partial charge in [-0.05, 0) is 29.9 Å². The van der Waals surface area contributed by atoms with Crippen molar-refractivity contribution in [3.63, 3.8) is 0 Å². The molecule has 0 amide bonds. The molecule has 0 fully saturated rings. The van der Waals surface area contributed by atoms with Gasteiger partial charge in [0.05, 0.1) is 0 Å². The summed E-state index contributed by atoms with van der Waals surface area (Å²) in [6, 6.07) is 2.45. The maximum atomic E-state index is 14.0. The number of halogens is 3. The lowest BCUT2D eigenvalue weighted by molar-refractivity contribution is -0.140. The molecule has 0 aliphatic heterocycles. The third-order valence-corrected chi connectivity index (χ3v) is 3.29. The summed E-state index contributed by atoms with van der Waals surface area (Å²) in [5.74, 6) is -3.31. The first-order chi connectivity index (χ1) is 10.1. The van der Waals surface area contributed by atoms with Crippen molar-refractivity contribution in [2.24, 2.45) is 5.41 Å². The molecule has 0 heterocycles. The van der Waals surface area contributed by atoms with E-state index in [4.69, 9.17) is 5.11 Å². The van der Waals surface area contributed by atoms with Crippen molar-refractivity contribution in [2.45, 2.75) is 52.4 Å². The van der Waals surface area contributed by atoms with Gasteiger partial charge in [0, 0.05) is 6.42 Å². The van der Waals surface area contributed by atoms with Crippen LogP contribution in [0.25, 0.3) is 0 Å². The lowest BCUT2D eigenvalue weighted by atomic mass is 9.88. The number of aliphatic carboxylic acids is 1. The molecule has 0 bridgehead atoms. The van der Waals surface area contributed by atoms with Crippen molar-refractivity contribution in [1.82, 2.24) is 5.32 Å². The van der Waals surface area contributed by atoms with Gasteiger partial charge in [-0.15, -0.1) is 0 Å². The van der Waals surface area contributed by atoms with E-state index in [1.54, 1.807) is 0 Å². The quantitative estimate of drug-likeness (QED) is 0.754. The largest absolute Gasteiger partial charge is 0.480 e. The minimum atomic E-state index is -1.77. The van der Waals surface area contributed by atoms with Crippen LogP contribution in [0.5, 0.6) is 0 Å². The van der Waals surface area contributed by atoms with Gasteiger partial charge >= 0.3 is 5.97 Å². The predicted molar refractivity (Wildman–Crippen MR) is 78.2 cm³/mol. The molecule has 0 aliphatic rings. The van der Waals surface area contributed by atoms with Gasteiger partial charge in [0.25, 0.3) is 0 Å². The van der Waals surface area contributed by atoms with Gasteiger partial charge in [-0.3, -0.25) is 10.1 Å². The SMILES string of the molecule is CC(C)(C)CCC(N[C@@H](F)Cc1cccc(F)c1F)C(=O)O. The minimum absolute atomic E-state index is 0.0736. The van der Waals surface area contributed by atoms with E-state index in [0.29, 0.717) is 6.42 Å². The molecule has 3 nitrogen and oxygen atoms in total. The highest BCUT2D eigenvalue weighted by atomic mass is 19.2. The Morgan fingerprint density at radius 1 is 1.32 bits per heavy atom. The molecule has 0 aromatic heterocycles. The molecule has 6 heteroatoms. The number of alkyl halides is 1. The normalized spacial score (nSPS) is 14.6. The molecule has 124 valence electrons. The van der Waals surface area contributed by atoms with Crippen LogP contribution in [-0.4, -0.2) is 23.4 Å². The Labute approximate surface area is 128 Å². The number of benzene rings is 1. The van der Waals surface area contributed by atoms with Crippen LogP contribution in [0.4, 0.5) is 13.2 Å². The first-order valence-electron chi connectivity index (χ1n) is 7.16. The first kappa shape index (κ1) is 18.5. The first-order valence-corrected chi connectivity index (χ1v) is 7.16. The highest BCUT2D eigenvalue weighted by Crippen LogP contribution is 2.22. The third-order valence-electron chi connectivity index (χ3n) is 3.29. The molecule has 0 aliphatic carbocycles. The van der Waals surface area contributed by atoms with E-state index < -0.39 is 36.4 Å². The van der Waals surface area contributed by atoms with Gasteiger partial charge in [0.15, 0.2) is 17.9 Å². The smallest absolute Gasteiger partial charge is 0.320 e. The maximum Gasteiger partial charge on any atom is 0.320 e. The topological polar surface area (TPSA) is 49.3 Å². The van der Waals surface area contributed by atoms with E-state index in [0.717, 1.165) is 6.07 Å². The fraction of sp³-hybridized carbons (Fsp3) is 0.562. The number of hydrogen-bond acceptors (Lipinski definition) is 2. The predicted octanol–water partition coefficient (Wildman–Crippen LogP) is 3.67. The summed E-state index contributed by atoms with van der Waals surface area (Å²) in [5, 5.41) is 11.4. The van der Waals surface area contributed by atoms with Crippen LogP contribution >= 0.6 is 0 Å². The maximum absolute atomic E-state index is 14.0. The molecule has 2 atom stereocenters. The van der Waals surface area contributed by atoms with Crippen LogP contribution in [0, 0.1) is 17.0 Å². The Morgan fingerprint density at radius 3 is 2.50 bits per heavy atom. The Hall–Kier alpha value is -1.56. The minimum Gasteiger partial charge on any atom is -0.480 e. The standard InChI is InChI=1S/C16H22F3NO2/c1-16(2,3)8-7-12(15(21)22)20-13(18)9-10-5-4-6-11(17)14(10)19/h4-6,12-13,20H,7-9H2,1-3H3,(H,21,22)/t12?,13-/m1/s1. The molecule has 0 saturated carbocycles. The summed E-state index contributed by atoms with van der Waals surface area (Å²) >= 11 is 0. The molecule has 1 unspecified atom stereocenters. The van der Waals surface area contributed by atoms with Crippen LogP contribution in [-0.2, 0) is 11.2 Å². The van der Waals surface area contributed by atoms with Crippen LogP contribution in [0.15, 0.2) is 18.2 Å². The van der Waals surface area contributed by atoms with Gasteiger partial charge in [0.1, 0.15) is 6.04 Å². The monoisotopic (exact) mass is 317 g/mol. The average molecular weight is 317 g/mol. The number of carbonyl (C=O) groups is 1. The van der Waals surface area contributed by atoms with E-state index >= 15 is 0 Å². The fourth-order valence-electron chi connectivity index (χ4n) is 2.03. The van der Waals surface area contributed by atoms with E-state index in [2.05, 4.69) is 5.32 Å². The summed E-state index contributed by atoms with van der Waals surface area (Å²) in [7, 11) is 0. The number of nitrogens with one attached hydrogen (secondary N) is 1. The van der Waals surface area contributed by atoms with Crippen LogP contribution in [0.2, 0.25) is 0 Å². The fourth-order valence-corrected chi connectivity index (χ4v) is 2.03. The van der Waals surface area contributed by atoms with Crippen LogP contribution in [0.1, 0.15) is 39.2 Å². The highest BCUT2D eigenvalue weighted by molar-refractivity contribution is 5.73. The molecule has 0 radical (unpaired) electrons. The highest BCUT2D eigenvalue weighted by Gasteiger charge is 2.24. The summed E-state index contributed by atoms with van der Waals surface area (Å²) in [6.07, 6.45) is -1.34. The van der Waals surface area contributed by atoms with Crippen molar-refractivity contribution < 1.29 is 23.1 Å². The molecular weight excluding hydrogens is 295 g/mol. The van der Waals surface area contributed by atoms with Gasteiger partial charge in [-0.2, -0.15) is 0 Å². The molecule has 2 N–H and O–H groups in total. The van der Waals surface area contributed by atoms with Crippen molar-refractivity contribution in [1.29, 1.82) is 0 Å². The zero-order chi connectivity index (χ0) is 16.9. The van der Waals surface area contributed by atoms with Gasteiger partial charge in [0.2, 0.25) is 0 Å². The Bertz CT molecular complexity index is 515. The van der Waals surface area contributed by atoms with Gasteiger partial charge in [-0.1, -0.05) is 32.9 Å². The van der Waals surface area contributed by atoms with Crippen molar-refractivity contribution in [3.8, 4) is 0 Å². The van der Waals surface area contributed by atoms with E-state index in [1.807, 2.05) is 20.8 Å². The van der Waals surface area contributed by atoms with Crippen molar-refractivity contribution in [2.75, 3.05) is 0 Å².